The van der Waals surface area contributed by atoms with E-state index >= 15 is 0 Å². The van der Waals surface area contributed by atoms with Crippen molar-refractivity contribution in [3.63, 3.8) is 0 Å². The molecule has 1 rings (SSSR count). The lowest BCUT2D eigenvalue weighted by molar-refractivity contribution is -0.128. The van der Waals surface area contributed by atoms with Gasteiger partial charge in [-0.25, -0.2) is 0 Å². The summed E-state index contributed by atoms with van der Waals surface area (Å²) in [7, 11) is 0. The summed E-state index contributed by atoms with van der Waals surface area (Å²) < 4.78 is 5.18. The summed E-state index contributed by atoms with van der Waals surface area (Å²) in [4.78, 5) is 11.3. The highest BCUT2D eigenvalue weighted by Crippen LogP contribution is 2.15. The van der Waals surface area contributed by atoms with Gasteiger partial charge in [0, 0.05) is 0 Å². The van der Waals surface area contributed by atoms with Gasteiger partial charge < -0.3 is 4.74 Å². The molecule has 11 heavy (non-hydrogen) atoms. The largest absolute Gasteiger partial charge is 0.370 e. The summed E-state index contributed by atoms with van der Waals surface area (Å²) in [5.74, 6) is 0.165. The lowest BCUT2D eigenvalue weighted by Gasteiger charge is -2.19. The molecule has 62 valence electrons. The Morgan fingerprint density at radius 1 is 1.73 bits per heavy atom. The van der Waals surface area contributed by atoms with Crippen LogP contribution in [0.3, 0.4) is 0 Å². The number of ketones is 1. The maximum atomic E-state index is 11.3. The van der Waals surface area contributed by atoms with Crippen LogP contribution in [0.25, 0.3) is 0 Å². The van der Waals surface area contributed by atoms with Crippen LogP contribution in [-0.4, -0.2) is 18.5 Å². The first-order chi connectivity index (χ1) is 5.25. The summed E-state index contributed by atoms with van der Waals surface area (Å²) in [5.41, 5.74) is 0.950. The maximum Gasteiger partial charge on any atom is 0.187 e. The topological polar surface area (TPSA) is 26.3 Å². The van der Waals surface area contributed by atoms with Crippen molar-refractivity contribution in [2.45, 2.75) is 32.8 Å². The molecule has 1 aliphatic rings. The number of rotatable bonds is 1. The average molecular weight is 154 g/mol. The third-order valence-corrected chi connectivity index (χ3v) is 1.88. The molecule has 1 atom stereocenters. The molecule has 1 fully saturated rings. The van der Waals surface area contributed by atoms with Crippen molar-refractivity contribution >= 4 is 5.78 Å². The Hall–Kier alpha value is -0.630. The molecule has 0 aromatic carbocycles. The van der Waals surface area contributed by atoms with E-state index in [1.165, 1.54) is 0 Å². The van der Waals surface area contributed by atoms with Gasteiger partial charge in [0.1, 0.15) is 6.10 Å². The third-order valence-electron chi connectivity index (χ3n) is 1.88. The van der Waals surface area contributed by atoms with E-state index in [2.05, 4.69) is 0 Å². The smallest absolute Gasteiger partial charge is 0.187 e. The molecule has 1 aliphatic heterocycles. The summed E-state index contributed by atoms with van der Waals surface area (Å²) in [6.07, 6.45) is 3.51. The molecule has 0 spiro atoms. The van der Waals surface area contributed by atoms with Crippen LogP contribution in [-0.2, 0) is 9.53 Å². The highest BCUT2D eigenvalue weighted by molar-refractivity contribution is 5.99. The van der Waals surface area contributed by atoms with E-state index in [0.29, 0.717) is 6.61 Å². The van der Waals surface area contributed by atoms with Crippen LogP contribution < -0.4 is 0 Å². The van der Waals surface area contributed by atoms with Crippen LogP contribution in [0.1, 0.15) is 26.7 Å². The molecule has 0 aromatic rings. The predicted molar refractivity (Wildman–Crippen MR) is 43.4 cm³/mol. The summed E-state index contributed by atoms with van der Waals surface area (Å²) >= 11 is 0. The molecule has 2 heteroatoms. The molecule has 0 aromatic heterocycles. The number of allylic oxidation sites excluding steroid dienone is 1. The Morgan fingerprint density at radius 2 is 2.45 bits per heavy atom. The molecule has 1 saturated heterocycles. The van der Waals surface area contributed by atoms with Gasteiger partial charge in [0.15, 0.2) is 5.78 Å². The van der Waals surface area contributed by atoms with Crippen molar-refractivity contribution in [1.29, 1.82) is 0 Å². The normalized spacial score (nSPS) is 29.5. The van der Waals surface area contributed by atoms with Gasteiger partial charge in [-0.05, 0) is 25.3 Å². The van der Waals surface area contributed by atoms with E-state index in [4.69, 9.17) is 4.74 Å². The van der Waals surface area contributed by atoms with Gasteiger partial charge in [-0.15, -0.1) is 0 Å². The first-order valence-electron chi connectivity index (χ1n) is 4.10. The van der Waals surface area contributed by atoms with E-state index in [1.807, 2.05) is 19.9 Å². The predicted octanol–water partition coefficient (Wildman–Crippen LogP) is 1.70. The molecule has 0 N–H and O–H groups in total. The number of ether oxygens (including phenoxy) is 1. The van der Waals surface area contributed by atoms with Crippen molar-refractivity contribution in [2.75, 3.05) is 6.61 Å². The number of Topliss-reactive ketones (excluding diaryl/α,β-unsaturated/α-hetero) is 1. The molecule has 0 bridgehead atoms. The van der Waals surface area contributed by atoms with E-state index < -0.39 is 0 Å². The molecule has 1 heterocycles. The molecule has 0 amide bonds. The number of hydrogen-bond donors (Lipinski definition) is 0. The zero-order valence-electron chi connectivity index (χ0n) is 7.09. The molecule has 0 aliphatic carbocycles. The van der Waals surface area contributed by atoms with Crippen LogP contribution in [0, 0.1) is 0 Å². The minimum absolute atomic E-state index is 0.165. The van der Waals surface area contributed by atoms with Crippen LogP contribution >= 0.6 is 0 Å². The van der Waals surface area contributed by atoms with Crippen molar-refractivity contribution in [1.82, 2.24) is 0 Å². The zero-order valence-corrected chi connectivity index (χ0v) is 7.09. The van der Waals surface area contributed by atoms with Gasteiger partial charge in [-0.3, -0.25) is 4.79 Å². The second-order valence-electron chi connectivity index (χ2n) is 2.76. The molecule has 0 saturated carbocycles. The van der Waals surface area contributed by atoms with Crippen LogP contribution in [0.5, 0.6) is 0 Å². The van der Waals surface area contributed by atoms with E-state index in [1.54, 1.807) is 0 Å². The van der Waals surface area contributed by atoms with Gasteiger partial charge in [0.05, 0.1) is 6.61 Å². The Balaban J connectivity index is 2.66. The van der Waals surface area contributed by atoms with Crippen molar-refractivity contribution in [2.24, 2.45) is 0 Å². The SMILES string of the molecule is CC/C=C1/CCOC(C)C1=O. The number of hydrogen-bond acceptors (Lipinski definition) is 2. The Bertz CT molecular complexity index is 182. The van der Waals surface area contributed by atoms with Crippen molar-refractivity contribution in [3.8, 4) is 0 Å². The monoisotopic (exact) mass is 154 g/mol. The summed E-state index contributed by atoms with van der Waals surface area (Å²) in [6.45, 7) is 4.55. The van der Waals surface area contributed by atoms with Crippen molar-refractivity contribution in [3.05, 3.63) is 11.6 Å². The lowest BCUT2D eigenvalue weighted by atomic mass is 10.0. The summed E-state index contributed by atoms with van der Waals surface area (Å²) in [6, 6.07) is 0. The van der Waals surface area contributed by atoms with Gasteiger partial charge in [-0.2, -0.15) is 0 Å². The molecule has 1 unspecified atom stereocenters. The van der Waals surface area contributed by atoms with Gasteiger partial charge in [-0.1, -0.05) is 13.0 Å². The summed E-state index contributed by atoms with van der Waals surface area (Å²) in [5, 5.41) is 0. The first-order valence-corrected chi connectivity index (χ1v) is 4.10. The fourth-order valence-electron chi connectivity index (χ4n) is 1.25. The second kappa shape index (κ2) is 3.67. The first kappa shape index (κ1) is 8.47. The maximum absolute atomic E-state index is 11.3. The number of carbonyl (C=O) groups is 1. The fraction of sp³-hybridized carbons (Fsp3) is 0.667. The fourth-order valence-corrected chi connectivity index (χ4v) is 1.25. The minimum atomic E-state index is -0.221. The second-order valence-corrected chi connectivity index (χ2v) is 2.76. The quantitative estimate of drug-likeness (QED) is 0.537. The van der Waals surface area contributed by atoms with Crippen LogP contribution in [0.2, 0.25) is 0 Å². The molecular weight excluding hydrogens is 140 g/mol. The highest BCUT2D eigenvalue weighted by Gasteiger charge is 2.22. The average Bonchev–Trinajstić information content (AvgIpc) is 1.99. The van der Waals surface area contributed by atoms with E-state index in [0.717, 1.165) is 18.4 Å². The molecule has 0 radical (unpaired) electrons. The van der Waals surface area contributed by atoms with Gasteiger partial charge >= 0.3 is 0 Å². The van der Waals surface area contributed by atoms with Gasteiger partial charge in [0.25, 0.3) is 0 Å². The van der Waals surface area contributed by atoms with Crippen molar-refractivity contribution < 1.29 is 9.53 Å². The zero-order chi connectivity index (χ0) is 8.27. The van der Waals surface area contributed by atoms with E-state index in [9.17, 15) is 4.79 Å². The third kappa shape index (κ3) is 1.90. The molecule has 2 nitrogen and oxygen atoms in total. The Morgan fingerprint density at radius 3 is 3.09 bits per heavy atom. The Kier molecular flexibility index (Phi) is 2.83. The van der Waals surface area contributed by atoms with Crippen LogP contribution in [0.4, 0.5) is 0 Å². The standard InChI is InChI=1S/C9H14O2/c1-3-4-8-5-6-11-7(2)9(8)10/h4,7H,3,5-6H2,1-2H3/b8-4-. The van der Waals surface area contributed by atoms with Crippen LogP contribution in [0.15, 0.2) is 11.6 Å². The molecular formula is C9H14O2. The van der Waals surface area contributed by atoms with E-state index in [-0.39, 0.29) is 11.9 Å². The number of carbonyl (C=O) groups excluding carboxylic acids is 1. The lowest BCUT2D eigenvalue weighted by Crippen LogP contribution is -2.28. The van der Waals surface area contributed by atoms with Gasteiger partial charge in [0.2, 0.25) is 0 Å². The highest BCUT2D eigenvalue weighted by atomic mass is 16.5. The Labute approximate surface area is 67.2 Å². The minimum Gasteiger partial charge on any atom is -0.370 e.